The van der Waals surface area contributed by atoms with Gasteiger partial charge in [-0.15, -0.1) is 11.3 Å². The van der Waals surface area contributed by atoms with E-state index in [1.807, 2.05) is 23.5 Å². The van der Waals surface area contributed by atoms with E-state index >= 15 is 0 Å². The Kier molecular flexibility index (Phi) is 2.81. The molecule has 0 radical (unpaired) electrons. The van der Waals surface area contributed by atoms with E-state index in [1.54, 1.807) is 4.88 Å². The summed E-state index contributed by atoms with van der Waals surface area (Å²) in [6.45, 7) is 0.143. The third-order valence-electron chi connectivity index (χ3n) is 2.50. The maximum Gasteiger partial charge on any atom is 0.0615 e. The molecule has 1 aliphatic rings. The first-order chi connectivity index (χ1) is 6.42. The number of fused-ring (bicyclic) bond motifs is 1. The summed E-state index contributed by atoms with van der Waals surface area (Å²) in [4.78, 5) is 1.56. The highest BCUT2D eigenvalue weighted by atomic mass is 32.1. The molecule has 0 unspecified atom stereocenters. The summed E-state index contributed by atoms with van der Waals surface area (Å²) >= 11 is 1.87. The van der Waals surface area contributed by atoms with Gasteiger partial charge in [-0.2, -0.15) is 0 Å². The molecule has 1 aliphatic carbocycles. The second-order valence-corrected chi connectivity index (χ2v) is 4.35. The number of hydrogen-bond acceptors (Lipinski definition) is 2. The van der Waals surface area contributed by atoms with E-state index in [9.17, 15) is 0 Å². The molecule has 0 fully saturated rings. The average Bonchev–Trinajstić information content (AvgIpc) is 2.58. The van der Waals surface area contributed by atoms with Crippen molar-refractivity contribution in [1.82, 2.24) is 0 Å². The normalized spacial score (nSPS) is 16.4. The number of aliphatic hydroxyl groups is 1. The summed E-state index contributed by atoms with van der Waals surface area (Å²) in [6, 6.07) is 0. The van der Waals surface area contributed by atoms with Crippen LogP contribution >= 0.6 is 11.3 Å². The number of thiophene rings is 1. The summed E-state index contributed by atoms with van der Waals surface area (Å²) in [7, 11) is 0. The molecule has 2 rings (SSSR count). The van der Waals surface area contributed by atoms with Crippen LogP contribution in [0.2, 0.25) is 0 Å². The first-order valence-corrected chi connectivity index (χ1v) is 5.66. The third-order valence-corrected chi connectivity index (χ3v) is 3.60. The van der Waals surface area contributed by atoms with Crippen molar-refractivity contribution in [3.05, 3.63) is 27.5 Å². The maximum absolute atomic E-state index is 8.69. The first-order valence-electron chi connectivity index (χ1n) is 4.78. The van der Waals surface area contributed by atoms with Gasteiger partial charge in [-0.1, -0.05) is 12.2 Å². The second-order valence-electron chi connectivity index (χ2n) is 3.38. The van der Waals surface area contributed by atoms with Gasteiger partial charge in [-0.25, -0.2) is 0 Å². The fraction of sp³-hybridized carbons (Fsp3) is 0.455. The molecule has 0 bridgehead atoms. The van der Waals surface area contributed by atoms with Gasteiger partial charge in [0.15, 0.2) is 0 Å². The molecule has 1 aromatic heterocycles. The Balaban J connectivity index is 2.26. The second kappa shape index (κ2) is 4.07. The van der Waals surface area contributed by atoms with Crippen molar-refractivity contribution in [3.63, 3.8) is 0 Å². The van der Waals surface area contributed by atoms with Gasteiger partial charge >= 0.3 is 0 Å². The quantitative estimate of drug-likeness (QED) is 0.767. The van der Waals surface area contributed by atoms with Crippen molar-refractivity contribution in [3.8, 4) is 0 Å². The van der Waals surface area contributed by atoms with Gasteiger partial charge in [-0.05, 0) is 42.2 Å². The Morgan fingerprint density at radius 2 is 2.23 bits per heavy atom. The van der Waals surface area contributed by atoms with Crippen molar-refractivity contribution in [1.29, 1.82) is 0 Å². The van der Waals surface area contributed by atoms with Crippen LogP contribution in [0, 0.1) is 0 Å². The van der Waals surface area contributed by atoms with E-state index in [2.05, 4.69) is 5.38 Å². The van der Waals surface area contributed by atoms with Crippen molar-refractivity contribution in [2.75, 3.05) is 6.61 Å². The van der Waals surface area contributed by atoms with Gasteiger partial charge in [0.1, 0.15) is 0 Å². The predicted octanol–water partition coefficient (Wildman–Crippen LogP) is 2.63. The molecular formula is C11H14OS. The van der Waals surface area contributed by atoms with Crippen LogP contribution in [0.1, 0.15) is 28.8 Å². The minimum atomic E-state index is 0.143. The summed E-state index contributed by atoms with van der Waals surface area (Å²) in [5.41, 5.74) is 2.86. The van der Waals surface area contributed by atoms with Crippen LogP contribution in [-0.2, 0) is 12.8 Å². The van der Waals surface area contributed by atoms with Crippen LogP contribution in [0.4, 0.5) is 0 Å². The van der Waals surface area contributed by atoms with Gasteiger partial charge < -0.3 is 5.11 Å². The molecular weight excluding hydrogens is 180 g/mol. The molecule has 1 N–H and O–H groups in total. The first kappa shape index (κ1) is 8.97. The molecule has 0 atom stereocenters. The molecule has 2 heteroatoms. The van der Waals surface area contributed by atoms with E-state index in [-0.39, 0.29) is 6.61 Å². The molecule has 0 aromatic carbocycles. The van der Waals surface area contributed by atoms with E-state index in [0.717, 1.165) is 0 Å². The molecule has 1 heterocycles. The van der Waals surface area contributed by atoms with Crippen LogP contribution in [0.15, 0.2) is 11.5 Å². The van der Waals surface area contributed by atoms with Crippen molar-refractivity contribution >= 4 is 17.4 Å². The number of aryl methyl sites for hydroxylation is 1. The Morgan fingerprint density at radius 3 is 3.08 bits per heavy atom. The minimum Gasteiger partial charge on any atom is -0.392 e. The average molecular weight is 194 g/mol. The van der Waals surface area contributed by atoms with Gasteiger partial charge in [0.05, 0.1) is 6.61 Å². The van der Waals surface area contributed by atoms with Crippen LogP contribution in [0.5, 0.6) is 0 Å². The number of aliphatic hydroxyl groups excluding tert-OH is 1. The van der Waals surface area contributed by atoms with Crippen LogP contribution in [-0.4, -0.2) is 11.7 Å². The zero-order chi connectivity index (χ0) is 9.10. The molecule has 0 aliphatic heterocycles. The van der Waals surface area contributed by atoms with Crippen molar-refractivity contribution in [2.24, 2.45) is 0 Å². The lowest BCUT2D eigenvalue weighted by Crippen LogP contribution is -1.99. The molecule has 0 saturated heterocycles. The summed E-state index contributed by atoms with van der Waals surface area (Å²) < 4.78 is 0. The Labute approximate surface area is 82.7 Å². The molecule has 0 amide bonds. The largest absolute Gasteiger partial charge is 0.392 e. The van der Waals surface area contributed by atoms with E-state index in [1.165, 1.54) is 36.8 Å². The zero-order valence-corrected chi connectivity index (χ0v) is 8.44. The molecule has 13 heavy (non-hydrogen) atoms. The van der Waals surface area contributed by atoms with Gasteiger partial charge in [0.25, 0.3) is 0 Å². The topological polar surface area (TPSA) is 20.2 Å². The van der Waals surface area contributed by atoms with E-state index < -0.39 is 0 Å². The SMILES string of the molecule is OC/C=C/c1csc2c1CCCC2. The predicted molar refractivity (Wildman–Crippen MR) is 57.1 cm³/mol. The lowest BCUT2D eigenvalue weighted by molar-refractivity contribution is 0.343. The van der Waals surface area contributed by atoms with Gasteiger partial charge in [-0.3, -0.25) is 0 Å². The Bertz CT molecular complexity index is 312. The van der Waals surface area contributed by atoms with Crippen molar-refractivity contribution in [2.45, 2.75) is 25.7 Å². The summed E-state index contributed by atoms with van der Waals surface area (Å²) in [5, 5.41) is 10.9. The van der Waals surface area contributed by atoms with E-state index in [0.29, 0.717) is 0 Å². The van der Waals surface area contributed by atoms with Crippen LogP contribution in [0.3, 0.4) is 0 Å². The monoisotopic (exact) mass is 194 g/mol. The summed E-state index contributed by atoms with van der Waals surface area (Å²) in [6.07, 6.45) is 9.01. The smallest absolute Gasteiger partial charge is 0.0615 e. The Hall–Kier alpha value is -0.600. The lowest BCUT2D eigenvalue weighted by atomic mass is 9.96. The highest BCUT2D eigenvalue weighted by Gasteiger charge is 2.13. The van der Waals surface area contributed by atoms with E-state index in [4.69, 9.17) is 5.11 Å². The number of rotatable bonds is 2. The fourth-order valence-corrected chi connectivity index (χ4v) is 2.95. The van der Waals surface area contributed by atoms with Gasteiger partial charge in [0, 0.05) is 4.88 Å². The highest BCUT2D eigenvalue weighted by Crippen LogP contribution is 2.30. The third kappa shape index (κ3) is 1.84. The Morgan fingerprint density at radius 1 is 1.38 bits per heavy atom. The summed E-state index contributed by atoms with van der Waals surface area (Å²) in [5.74, 6) is 0. The molecule has 1 aromatic rings. The highest BCUT2D eigenvalue weighted by molar-refractivity contribution is 7.10. The lowest BCUT2D eigenvalue weighted by Gasteiger charge is -2.10. The molecule has 70 valence electrons. The van der Waals surface area contributed by atoms with Crippen LogP contribution < -0.4 is 0 Å². The molecule has 0 spiro atoms. The fourth-order valence-electron chi connectivity index (χ4n) is 1.84. The maximum atomic E-state index is 8.69. The van der Waals surface area contributed by atoms with Gasteiger partial charge in [0.2, 0.25) is 0 Å². The zero-order valence-electron chi connectivity index (χ0n) is 7.62. The minimum absolute atomic E-state index is 0.143. The van der Waals surface area contributed by atoms with Crippen molar-refractivity contribution < 1.29 is 5.11 Å². The molecule has 0 saturated carbocycles. The standard InChI is InChI=1S/C11H14OS/c12-7-3-4-9-8-13-11-6-2-1-5-10(9)11/h3-4,8,12H,1-2,5-7H2/b4-3+. The number of hydrogen-bond donors (Lipinski definition) is 1. The van der Waals surface area contributed by atoms with Crippen LogP contribution in [0.25, 0.3) is 6.08 Å². The molecule has 1 nitrogen and oxygen atoms in total.